The molecule has 0 fully saturated rings. The summed E-state index contributed by atoms with van der Waals surface area (Å²) in [5.41, 5.74) is 0. The normalized spacial score (nSPS) is 19.8. The van der Waals surface area contributed by atoms with E-state index in [2.05, 4.69) is 28.6 Å². The maximum atomic E-state index is 10.8. The molecule has 5 heteroatoms. The number of fused-ring (bicyclic) bond motifs is 1. The summed E-state index contributed by atoms with van der Waals surface area (Å²) in [5.74, 6) is 1.45. The molecule has 0 radical (unpaired) electrons. The molecule has 0 bridgehead atoms. The molecule has 1 atom stereocenters. The van der Waals surface area contributed by atoms with E-state index in [0.29, 0.717) is 5.92 Å². The second-order valence-corrected chi connectivity index (χ2v) is 4.66. The van der Waals surface area contributed by atoms with Crippen LogP contribution in [0.15, 0.2) is 0 Å². The minimum Gasteiger partial charge on any atom is -0.481 e. The first kappa shape index (κ1) is 11.1. The minimum atomic E-state index is -0.757. The Labute approximate surface area is 94.5 Å². The van der Waals surface area contributed by atoms with Gasteiger partial charge in [0.25, 0.3) is 0 Å². The first-order chi connectivity index (χ1) is 7.59. The number of hydrogen-bond donors (Lipinski definition) is 1. The molecular weight excluding hydrogens is 206 g/mol. The van der Waals surface area contributed by atoms with Crippen LogP contribution in [0.2, 0.25) is 0 Å². The van der Waals surface area contributed by atoms with Crippen LogP contribution in [0, 0.1) is 0 Å². The molecule has 1 N–H and O–H groups in total. The highest BCUT2D eigenvalue weighted by Gasteiger charge is 2.27. The van der Waals surface area contributed by atoms with Gasteiger partial charge < -0.3 is 9.67 Å². The molecule has 1 aliphatic rings. The van der Waals surface area contributed by atoms with Gasteiger partial charge in [-0.1, -0.05) is 13.8 Å². The summed E-state index contributed by atoms with van der Waals surface area (Å²) in [6, 6.07) is 0. The molecule has 1 aromatic heterocycles. The second-order valence-electron chi connectivity index (χ2n) is 4.66. The maximum Gasteiger partial charge on any atom is 0.304 e. The second kappa shape index (κ2) is 4.23. The summed E-state index contributed by atoms with van der Waals surface area (Å²) < 4.78 is 2.10. The molecule has 1 unspecified atom stereocenters. The van der Waals surface area contributed by atoms with Crippen LogP contribution in [0.5, 0.6) is 0 Å². The van der Waals surface area contributed by atoms with Gasteiger partial charge in [-0.05, 0) is 12.8 Å². The van der Waals surface area contributed by atoms with E-state index in [4.69, 9.17) is 5.11 Å². The Kier molecular flexibility index (Phi) is 2.94. The van der Waals surface area contributed by atoms with Crippen molar-refractivity contribution >= 4 is 5.97 Å². The lowest BCUT2D eigenvalue weighted by Gasteiger charge is -2.22. The van der Waals surface area contributed by atoms with Crippen LogP contribution < -0.4 is 0 Å². The number of rotatable bonds is 3. The van der Waals surface area contributed by atoms with E-state index >= 15 is 0 Å². The summed E-state index contributed by atoms with van der Waals surface area (Å²) >= 11 is 0. The highest BCUT2D eigenvalue weighted by Crippen LogP contribution is 2.30. The predicted molar refractivity (Wildman–Crippen MR) is 58.3 cm³/mol. The fourth-order valence-electron chi connectivity index (χ4n) is 2.32. The van der Waals surface area contributed by atoms with Crippen molar-refractivity contribution in [1.29, 1.82) is 0 Å². The fraction of sp³-hybridized carbons (Fsp3) is 0.727. The Morgan fingerprint density at radius 1 is 1.56 bits per heavy atom. The molecule has 2 heterocycles. The molecule has 0 amide bonds. The lowest BCUT2D eigenvalue weighted by molar-refractivity contribution is -0.137. The minimum absolute atomic E-state index is 0.0336. The zero-order valence-corrected chi connectivity index (χ0v) is 9.68. The number of carbonyl (C=O) groups is 1. The van der Waals surface area contributed by atoms with E-state index in [-0.39, 0.29) is 12.3 Å². The van der Waals surface area contributed by atoms with Gasteiger partial charge in [-0.3, -0.25) is 4.79 Å². The topological polar surface area (TPSA) is 68.0 Å². The van der Waals surface area contributed by atoms with Crippen molar-refractivity contribution in [3.8, 4) is 0 Å². The van der Waals surface area contributed by atoms with Gasteiger partial charge >= 0.3 is 5.97 Å². The Morgan fingerprint density at radius 2 is 2.31 bits per heavy atom. The standard InChI is InChI=1S/C11H17N3O2/c1-7(2)10-12-13-11-8(6-9(15)16)4-3-5-14(10)11/h7-8H,3-6H2,1-2H3,(H,15,16). The Morgan fingerprint density at radius 3 is 2.94 bits per heavy atom. The molecule has 0 aromatic carbocycles. The molecule has 2 rings (SSSR count). The van der Waals surface area contributed by atoms with Crippen LogP contribution in [-0.4, -0.2) is 25.8 Å². The summed E-state index contributed by atoms with van der Waals surface area (Å²) in [7, 11) is 0. The van der Waals surface area contributed by atoms with Gasteiger partial charge in [0.2, 0.25) is 0 Å². The zero-order chi connectivity index (χ0) is 11.7. The van der Waals surface area contributed by atoms with E-state index in [1.807, 2.05) is 0 Å². The van der Waals surface area contributed by atoms with Crippen LogP contribution in [0.1, 0.15) is 56.6 Å². The monoisotopic (exact) mass is 223 g/mol. The first-order valence-corrected chi connectivity index (χ1v) is 5.74. The van der Waals surface area contributed by atoms with E-state index in [1.165, 1.54) is 0 Å². The Hall–Kier alpha value is -1.39. The highest BCUT2D eigenvalue weighted by atomic mass is 16.4. The fourth-order valence-corrected chi connectivity index (χ4v) is 2.32. The van der Waals surface area contributed by atoms with Crippen LogP contribution in [0.3, 0.4) is 0 Å². The Bertz CT molecular complexity index is 398. The van der Waals surface area contributed by atoms with E-state index in [1.54, 1.807) is 0 Å². The molecule has 5 nitrogen and oxygen atoms in total. The number of aliphatic carboxylic acids is 1. The van der Waals surface area contributed by atoms with Crippen molar-refractivity contribution in [2.45, 2.75) is 51.5 Å². The van der Waals surface area contributed by atoms with Crippen LogP contribution in [0.25, 0.3) is 0 Å². The highest BCUT2D eigenvalue weighted by molar-refractivity contribution is 5.67. The van der Waals surface area contributed by atoms with Crippen molar-refractivity contribution in [1.82, 2.24) is 14.8 Å². The van der Waals surface area contributed by atoms with E-state index in [0.717, 1.165) is 31.0 Å². The predicted octanol–water partition coefficient (Wildman–Crippen LogP) is 1.75. The van der Waals surface area contributed by atoms with Gasteiger partial charge in [-0.2, -0.15) is 0 Å². The van der Waals surface area contributed by atoms with Crippen molar-refractivity contribution in [3.63, 3.8) is 0 Å². The van der Waals surface area contributed by atoms with Gasteiger partial charge in [0.1, 0.15) is 11.6 Å². The third kappa shape index (κ3) is 1.94. The quantitative estimate of drug-likeness (QED) is 0.847. The maximum absolute atomic E-state index is 10.8. The van der Waals surface area contributed by atoms with E-state index < -0.39 is 5.97 Å². The molecule has 16 heavy (non-hydrogen) atoms. The van der Waals surface area contributed by atoms with Gasteiger partial charge in [-0.25, -0.2) is 0 Å². The molecular formula is C11H17N3O2. The van der Waals surface area contributed by atoms with Crippen molar-refractivity contribution in [3.05, 3.63) is 11.6 Å². The largest absolute Gasteiger partial charge is 0.481 e. The Balaban J connectivity index is 2.29. The van der Waals surface area contributed by atoms with E-state index in [9.17, 15) is 4.79 Å². The average Bonchev–Trinajstić information content (AvgIpc) is 2.61. The number of nitrogens with zero attached hydrogens (tertiary/aromatic N) is 3. The smallest absolute Gasteiger partial charge is 0.304 e. The lowest BCUT2D eigenvalue weighted by atomic mass is 9.95. The third-order valence-electron chi connectivity index (χ3n) is 3.04. The summed E-state index contributed by atoms with van der Waals surface area (Å²) in [6.07, 6.45) is 2.08. The molecule has 0 spiro atoms. The van der Waals surface area contributed by atoms with Crippen LogP contribution in [-0.2, 0) is 11.3 Å². The average molecular weight is 223 g/mol. The molecule has 1 aromatic rings. The lowest BCUT2D eigenvalue weighted by Crippen LogP contribution is -2.20. The zero-order valence-electron chi connectivity index (χ0n) is 9.68. The molecule has 0 saturated carbocycles. The molecule has 0 saturated heterocycles. The van der Waals surface area contributed by atoms with Gasteiger partial charge in [0.15, 0.2) is 0 Å². The van der Waals surface area contributed by atoms with Crippen molar-refractivity contribution in [2.24, 2.45) is 0 Å². The molecule has 88 valence electrons. The number of carboxylic acid groups (broad SMARTS) is 1. The first-order valence-electron chi connectivity index (χ1n) is 5.74. The third-order valence-corrected chi connectivity index (χ3v) is 3.04. The number of hydrogen-bond acceptors (Lipinski definition) is 3. The number of aromatic nitrogens is 3. The van der Waals surface area contributed by atoms with Gasteiger partial charge in [0, 0.05) is 18.4 Å². The summed E-state index contributed by atoms with van der Waals surface area (Å²) in [6.45, 7) is 5.09. The van der Waals surface area contributed by atoms with Crippen LogP contribution >= 0.6 is 0 Å². The molecule has 1 aliphatic heterocycles. The van der Waals surface area contributed by atoms with Crippen molar-refractivity contribution in [2.75, 3.05) is 0 Å². The summed E-state index contributed by atoms with van der Waals surface area (Å²) in [4.78, 5) is 10.8. The van der Waals surface area contributed by atoms with Gasteiger partial charge in [-0.15, -0.1) is 10.2 Å². The van der Waals surface area contributed by atoms with Crippen molar-refractivity contribution < 1.29 is 9.90 Å². The molecule has 0 aliphatic carbocycles. The SMILES string of the molecule is CC(C)c1nnc2n1CCCC2CC(=O)O. The van der Waals surface area contributed by atoms with Crippen LogP contribution in [0.4, 0.5) is 0 Å². The summed E-state index contributed by atoms with van der Waals surface area (Å²) in [5, 5.41) is 17.2. The number of carboxylic acids is 1. The van der Waals surface area contributed by atoms with Gasteiger partial charge in [0.05, 0.1) is 6.42 Å².